The molecular formula is C26H55NO3S+. The monoisotopic (exact) mass is 461 g/mol. The summed E-state index contributed by atoms with van der Waals surface area (Å²) in [5.41, 5.74) is 0. The Morgan fingerprint density at radius 2 is 1.23 bits per heavy atom. The predicted octanol–water partition coefficient (Wildman–Crippen LogP) is 6.45. The third-order valence-corrected chi connectivity index (χ3v) is 7.77. The minimum atomic E-state index is -2.99. The Hall–Kier alpha value is -0.130. The Morgan fingerprint density at radius 3 is 1.65 bits per heavy atom. The summed E-state index contributed by atoms with van der Waals surface area (Å²) >= 11 is 0. The second-order valence-corrected chi connectivity index (χ2v) is 12.8. The molecule has 0 aromatic heterocycles. The van der Waals surface area contributed by atoms with Crippen LogP contribution in [-0.4, -0.2) is 65.8 Å². The number of ether oxygens (including phenoxy) is 1. The smallest absolute Gasteiger partial charge is 0.150 e. The lowest BCUT2D eigenvalue weighted by molar-refractivity contribution is -0.866. The van der Waals surface area contributed by atoms with Crippen LogP contribution in [0, 0.1) is 12.3 Å². The number of quaternary nitrogens is 1. The standard InChI is InChI=1S/C26H55NO3S/c1-6-7-8-9-10-11-12-13-14-15-16-17-18-19-23-31(28,29)25-26(24-30-5)21-20-22-27(2,3)4/h20,26H,6-19,21-25H2,1-5H3/q+1. The molecule has 0 aliphatic heterocycles. The Bertz CT molecular complexity index is 485. The summed E-state index contributed by atoms with van der Waals surface area (Å²) < 4.78 is 31.2. The molecule has 0 N–H and O–H groups in total. The number of rotatable bonds is 23. The lowest BCUT2D eigenvalue weighted by Gasteiger charge is -2.24. The highest BCUT2D eigenvalue weighted by atomic mass is 32.2. The van der Waals surface area contributed by atoms with Gasteiger partial charge in [0.15, 0.2) is 9.84 Å². The maximum absolute atomic E-state index is 12.5. The van der Waals surface area contributed by atoms with Crippen molar-refractivity contribution in [1.82, 2.24) is 0 Å². The molecule has 0 aliphatic rings. The van der Waals surface area contributed by atoms with Crippen LogP contribution in [0.15, 0.2) is 0 Å². The molecule has 0 rings (SSSR count). The van der Waals surface area contributed by atoms with Crippen LogP contribution in [0.25, 0.3) is 0 Å². The molecule has 0 heterocycles. The van der Waals surface area contributed by atoms with Gasteiger partial charge in [0.05, 0.1) is 39.2 Å². The van der Waals surface area contributed by atoms with Crippen LogP contribution < -0.4 is 0 Å². The molecule has 0 aromatic carbocycles. The van der Waals surface area contributed by atoms with Gasteiger partial charge in [-0.05, 0) is 18.8 Å². The topological polar surface area (TPSA) is 43.4 Å². The Kier molecular flexibility index (Phi) is 19.3. The summed E-state index contributed by atoms with van der Waals surface area (Å²) in [7, 11) is 5.11. The molecule has 0 amide bonds. The highest BCUT2D eigenvalue weighted by molar-refractivity contribution is 7.91. The first-order valence-electron chi connectivity index (χ1n) is 13.0. The molecule has 31 heavy (non-hydrogen) atoms. The van der Waals surface area contributed by atoms with E-state index >= 15 is 0 Å². The fraction of sp³-hybridized carbons (Fsp3) is 0.962. The molecular weight excluding hydrogens is 406 g/mol. The molecule has 187 valence electrons. The van der Waals surface area contributed by atoms with Gasteiger partial charge in [-0.3, -0.25) is 0 Å². The van der Waals surface area contributed by atoms with Gasteiger partial charge in [-0.1, -0.05) is 90.4 Å². The van der Waals surface area contributed by atoms with E-state index in [9.17, 15) is 8.42 Å². The number of hydrogen-bond donors (Lipinski definition) is 0. The van der Waals surface area contributed by atoms with Gasteiger partial charge in [-0.15, -0.1) is 0 Å². The van der Waals surface area contributed by atoms with E-state index in [2.05, 4.69) is 34.5 Å². The molecule has 0 aromatic rings. The largest absolute Gasteiger partial charge is 0.384 e. The number of nitrogens with zero attached hydrogens (tertiary/aromatic N) is 1. The zero-order valence-electron chi connectivity index (χ0n) is 21.7. The quantitative estimate of drug-likeness (QED) is 0.130. The normalized spacial score (nSPS) is 13.6. The second kappa shape index (κ2) is 19.3. The van der Waals surface area contributed by atoms with Crippen LogP contribution >= 0.6 is 0 Å². The first-order valence-corrected chi connectivity index (χ1v) is 14.8. The van der Waals surface area contributed by atoms with E-state index in [4.69, 9.17) is 4.74 Å². The average molecular weight is 462 g/mol. The van der Waals surface area contributed by atoms with Crippen LogP contribution in [0.2, 0.25) is 0 Å². The van der Waals surface area contributed by atoms with Gasteiger partial charge in [0.1, 0.15) is 0 Å². The first-order chi connectivity index (χ1) is 14.7. The van der Waals surface area contributed by atoms with Gasteiger partial charge >= 0.3 is 0 Å². The molecule has 4 nitrogen and oxygen atoms in total. The Balaban J connectivity index is 3.73. The lowest BCUT2D eigenvalue weighted by atomic mass is 10.0. The number of unbranched alkanes of at least 4 members (excludes halogenated alkanes) is 13. The molecule has 1 unspecified atom stereocenters. The van der Waals surface area contributed by atoms with E-state index in [-0.39, 0.29) is 11.7 Å². The van der Waals surface area contributed by atoms with Crippen LogP contribution in [0.4, 0.5) is 0 Å². The predicted molar refractivity (Wildman–Crippen MR) is 136 cm³/mol. The lowest BCUT2D eigenvalue weighted by Crippen LogP contribution is -2.36. The van der Waals surface area contributed by atoms with Gasteiger partial charge in [-0.2, -0.15) is 0 Å². The van der Waals surface area contributed by atoms with E-state index in [0.717, 1.165) is 30.3 Å². The van der Waals surface area contributed by atoms with Gasteiger partial charge in [0.2, 0.25) is 0 Å². The van der Waals surface area contributed by atoms with E-state index < -0.39 is 9.84 Å². The van der Waals surface area contributed by atoms with Crippen LogP contribution in [0.5, 0.6) is 0 Å². The van der Waals surface area contributed by atoms with Crippen molar-refractivity contribution in [3.8, 4) is 0 Å². The van der Waals surface area contributed by atoms with E-state index in [1.54, 1.807) is 7.11 Å². The summed E-state index contributed by atoms with van der Waals surface area (Å²) in [4.78, 5) is 0. The average Bonchev–Trinajstić information content (AvgIpc) is 2.67. The molecule has 5 heteroatoms. The summed E-state index contributed by atoms with van der Waals surface area (Å²) in [6.45, 7) is 3.73. The van der Waals surface area contributed by atoms with E-state index in [1.807, 2.05) is 0 Å². The van der Waals surface area contributed by atoms with Crippen molar-refractivity contribution in [1.29, 1.82) is 0 Å². The number of sulfone groups is 1. The maximum Gasteiger partial charge on any atom is 0.150 e. The van der Waals surface area contributed by atoms with Crippen molar-refractivity contribution in [2.45, 2.75) is 103 Å². The molecule has 0 fully saturated rings. The highest BCUT2D eigenvalue weighted by Gasteiger charge is 2.20. The molecule has 1 atom stereocenters. The van der Waals surface area contributed by atoms with Gasteiger partial charge in [-0.25, -0.2) is 8.42 Å². The summed E-state index contributed by atoms with van der Waals surface area (Å²) in [5, 5.41) is 0. The molecule has 0 saturated heterocycles. The zero-order valence-corrected chi connectivity index (χ0v) is 22.5. The Morgan fingerprint density at radius 1 is 0.774 bits per heavy atom. The summed E-state index contributed by atoms with van der Waals surface area (Å²) in [6.07, 6.45) is 21.1. The second-order valence-electron chi connectivity index (χ2n) is 10.5. The maximum atomic E-state index is 12.5. The van der Waals surface area contributed by atoms with Gasteiger partial charge in [0, 0.05) is 20.1 Å². The van der Waals surface area contributed by atoms with Crippen LogP contribution in [0.1, 0.15) is 103 Å². The van der Waals surface area contributed by atoms with Crippen molar-refractivity contribution in [2.24, 2.45) is 5.92 Å². The van der Waals surface area contributed by atoms with Crippen LogP contribution in [0.3, 0.4) is 0 Å². The van der Waals surface area contributed by atoms with Crippen molar-refractivity contribution < 1.29 is 17.6 Å². The molecule has 0 saturated carbocycles. The third kappa shape index (κ3) is 22.8. The zero-order chi connectivity index (χ0) is 23.4. The molecule has 0 spiro atoms. The summed E-state index contributed by atoms with van der Waals surface area (Å²) in [6, 6.07) is 0. The van der Waals surface area contributed by atoms with Crippen molar-refractivity contribution >= 4 is 9.84 Å². The van der Waals surface area contributed by atoms with Crippen LogP contribution in [-0.2, 0) is 14.6 Å². The van der Waals surface area contributed by atoms with E-state index in [1.165, 1.54) is 77.0 Å². The highest BCUT2D eigenvalue weighted by Crippen LogP contribution is 2.15. The minimum absolute atomic E-state index is 0.0770. The number of hydrogen-bond acceptors (Lipinski definition) is 3. The van der Waals surface area contributed by atoms with Crippen molar-refractivity contribution in [3.05, 3.63) is 6.42 Å². The summed E-state index contributed by atoms with van der Waals surface area (Å²) in [5.74, 6) is 0.668. The third-order valence-electron chi connectivity index (χ3n) is 5.88. The Labute approximate surface area is 196 Å². The SMILES string of the molecule is CCCCCCCCCCCCCCCCS(=O)(=O)CC(C[CH]C[N+](C)(C)C)COC. The van der Waals surface area contributed by atoms with E-state index in [0.29, 0.717) is 12.4 Å². The van der Waals surface area contributed by atoms with Crippen molar-refractivity contribution in [3.63, 3.8) is 0 Å². The minimum Gasteiger partial charge on any atom is -0.384 e. The fourth-order valence-electron chi connectivity index (χ4n) is 4.08. The molecule has 1 radical (unpaired) electrons. The van der Waals surface area contributed by atoms with Gasteiger partial charge in [0.25, 0.3) is 0 Å². The fourth-order valence-corrected chi connectivity index (χ4v) is 5.84. The van der Waals surface area contributed by atoms with Crippen molar-refractivity contribution in [2.75, 3.05) is 52.9 Å². The first kappa shape index (κ1) is 30.9. The molecule has 0 aliphatic carbocycles. The van der Waals surface area contributed by atoms with Gasteiger partial charge < -0.3 is 9.22 Å². The number of methoxy groups -OCH3 is 1. The molecule has 0 bridgehead atoms.